The molecule has 0 fully saturated rings. The Morgan fingerprint density at radius 1 is 1.08 bits per heavy atom. The second-order valence-corrected chi connectivity index (χ2v) is 3.68. The average Bonchev–Trinajstić information content (AvgIpc) is 2.04. The average molecular weight is 207 g/mol. The van der Waals surface area contributed by atoms with Crippen molar-refractivity contribution in [3.8, 4) is 0 Å². The Morgan fingerprint density at radius 2 is 1.50 bits per heavy atom. The lowest BCUT2D eigenvalue weighted by Crippen LogP contribution is -1.86. The molecule has 0 amide bonds. The fourth-order valence-electron chi connectivity index (χ4n) is 0.907. The number of halogens is 3. The van der Waals surface area contributed by atoms with Gasteiger partial charge < -0.3 is 0 Å². The Balaban J connectivity index is 2.86. The van der Waals surface area contributed by atoms with Crippen LogP contribution in [0, 0.1) is 0 Å². The van der Waals surface area contributed by atoms with E-state index in [-0.39, 0.29) is 0 Å². The Labute approximate surface area is 81.3 Å². The van der Waals surface area contributed by atoms with Gasteiger partial charge in [-0.05, 0) is 18.1 Å². The third kappa shape index (κ3) is 2.36. The maximum absolute atomic E-state index is 12.7. The van der Waals surface area contributed by atoms with Crippen molar-refractivity contribution >= 4 is 23.2 Å². The largest absolute Gasteiger partial charge is 0.243 e. The summed E-state index contributed by atoms with van der Waals surface area (Å²) in [4.78, 5) is -0.533. The highest BCUT2D eigenvalue weighted by Crippen LogP contribution is 2.26. The number of hydrogen-bond donors (Lipinski definition) is 0. The molecule has 0 aromatic heterocycles. The highest BCUT2D eigenvalue weighted by molar-refractivity contribution is 6.44. The summed E-state index contributed by atoms with van der Waals surface area (Å²) >= 11 is 11.2. The number of alkyl halides is 3. The van der Waals surface area contributed by atoms with Crippen LogP contribution < -0.4 is 0 Å². The van der Waals surface area contributed by atoms with Crippen LogP contribution in [0.4, 0.5) is 4.39 Å². The van der Waals surface area contributed by atoms with Gasteiger partial charge >= 0.3 is 0 Å². The second kappa shape index (κ2) is 4.11. The van der Waals surface area contributed by atoms with Gasteiger partial charge in [0.1, 0.15) is 11.0 Å². The molecular weight excluding hydrogens is 198 g/mol. The minimum absolute atomic E-state index is 0.533. The zero-order chi connectivity index (χ0) is 9.14. The molecule has 0 aliphatic heterocycles. The van der Waals surface area contributed by atoms with Gasteiger partial charge in [0.05, 0.1) is 0 Å². The molecule has 1 atom stereocenters. The molecule has 1 aromatic carbocycles. The van der Waals surface area contributed by atoms with E-state index in [2.05, 4.69) is 0 Å². The van der Waals surface area contributed by atoms with Crippen LogP contribution in [0.25, 0.3) is 0 Å². The first-order valence-electron chi connectivity index (χ1n) is 3.63. The van der Waals surface area contributed by atoms with E-state index in [1.54, 1.807) is 24.3 Å². The third-order valence-corrected chi connectivity index (χ3v) is 2.15. The third-order valence-electron chi connectivity index (χ3n) is 1.65. The van der Waals surface area contributed by atoms with Crippen molar-refractivity contribution in [1.82, 2.24) is 0 Å². The molecule has 12 heavy (non-hydrogen) atoms. The molecule has 0 N–H and O–H groups in total. The fraction of sp³-hybridized carbons (Fsp3) is 0.333. The van der Waals surface area contributed by atoms with Crippen LogP contribution in [0.3, 0.4) is 0 Å². The molecule has 0 saturated heterocycles. The lowest BCUT2D eigenvalue weighted by molar-refractivity contribution is 0.374. The van der Waals surface area contributed by atoms with Gasteiger partial charge in [0.15, 0.2) is 0 Å². The maximum Gasteiger partial charge on any atom is 0.132 e. The van der Waals surface area contributed by atoms with E-state index >= 15 is 0 Å². The molecule has 0 bridgehead atoms. The zero-order valence-electron chi connectivity index (χ0n) is 6.60. The molecule has 0 radical (unpaired) electrons. The zero-order valence-corrected chi connectivity index (χ0v) is 8.11. The summed E-state index contributed by atoms with van der Waals surface area (Å²) in [5, 5.41) is 0. The van der Waals surface area contributed by atoms with Crippen LogP contribution in [0.2, 0.25) is 0 Å². The van der Waals surface area contributed by atoms with E-state index in [1.807, 2.05) is 0 Å². The van der Waals surface area contributed by atoms with Crippen molar-refractivity contribution in [3.63, 3.8) is 0 Å². The van der Waals surface area contributed by atoms with Crippen LogP contribution in [-0.4, -0.2) is 0 Å². The monoisotopic (exact) mass is 206 g/mol. The molecule has 0 aliphatic rings. The summed E-state index contributed by atoms with van der Waals surface area (Å²) in [5.74, 6) is 0. The van der Waals surface area contributed by atoms with E-state index in [0.717, 1.165) is 5.56 Å². The first-order chi connectivity index (χ1) is 5.61. The van der Waals surface area contributed by atoms with E-state index < -0.39 is 11.0 Å². The summed E-state index contributed by atoms with van der Waals surface area (Å²) in [5.41, 5.74) is 1.44. The molecule has 1 aromatic rings. The highest BCUT2D eigenvalue weighted by Gasteiger charge is 2.05. The SMILES string of the molecule is CC(F)c1ccc(C(Cl)Cl)cc1. The van der Waals surface area contributed by atoms with Crippen molar-refractivity contribution in [1.29, 1.82) is 0 Å². The lowest BCUT2D eigenvalue weighted by atomic mass is 10.1. The first kappa shape index (κ1) is 9.82. The van der Waals surface area contributed by atoms with Crippen molar-refractivity contribution in [3.05, 3.63) is 35.4 Å². The smallest absolute Gasteiger partial charge is 0.132 e. The predicted molar refractivity (Wildman–Crippen MR) is 50.4 cm³/mol. The minimum atomic E-state index is -0.942. The van der Waals surface area contributed by atoms with Crippen molar-refractivity contribution in [2.45, 2.75) is 17.9 Å². The Hall–Kier alpha value is -0.270. The van der Waals surface area contributed by atoms with Crippen molar-refractivity contribution < 1.29 is 4.39 Å². The molecule has 66 valence electrons. The first-order valence-corrected chi connectivity index (χ1v) is 4.50. The summed E-state index contributed by atoms with van der Waals surface area (Å²) in [6.45, 7) is 1.49. The van der Waals surface area contributed by atoms with Crippen LogP contribution >= 0.6 is 23.2 Å². The van der Waals surface area contributed by atoms with Crippen LogP contribution in [0.1, 0.15) is 29.1 Å². The molecule has 0 spiro atoms. The van der Waals surface area contributed by atoms with Gasteiger partial charge in [0.25, 0.3) is 0 Å². The molecule has 3 heteroatoms. The Kier molecular flexibility index (Phi) is 3.36. The quantitative estimate of drug-likeness (QED) is 0.637. The van der Waals surface area contributed by atoms with E-state index in [4.69, 9.17) is 23.2 Å². The van der Waals surface area contributed by atoms with Crippen molar-refractivity contribution in [2.24, 2.45) is 0 Å². The van der Waals surface area contributed by atoms with Gasteiger partial charge in [0.2, 0.25) is 0 Å². The molecule has 0 nitrogen and oxygen atoms in total. The lowest BCUT2D eigenvalue weighted by Gasteiger charge is -2.04. The van der Waals surface area contributed by atoms with E-state index in [1.165, 1.54) is 6.92 Å². The number of rotatable bonds is 2. The van der Waals surface area contributed by atoms with Crippen LogP contribution in [0.5, 0.6) is 0 Å². The maximum atomic E-state index is 12.7. The number of benzene rings is 1. The number of hydrogen-bond acceptors (Lipinski definition) is 0. The van der Waals surface area contributed by atoms with Crippen LogP contribution in [0.15, 0.2) is 24.3 Å². The molecular formula is C9H9Cl2F. The van der Waals surface area contributed by atoms with Gasteiger partial charge in [-0.15, -0.1) is 23.2 Å². The van der Waals surface area contributed by atoms with E-state index in [0.29, 0.717) is 5.56 Å². The molecule has 0 aliphatic carbocycles. The van der Waals surface area contributed by atoms with E-state index in [9.17, 15) is 4.39 Å². The Bertz CT molecular complexity index is 214. The topological polar surface area (TPSA) is 0 Å². The summed E-state index contributed by atoms with van der Waals surface area (Å²) in [7, 11) is 0. The Morgan fingerprint density at radius 3 is 1.83 bits per heavy atom. The van der Waals surface area contributed by atoms with Gasteiger partial charge in [-0.1, -0.05) is 24.3 Å². The summed E-state index contributed by atoms with van der Waals surface area (Å²) in [6, 6.07) is 6.85. The van der Waals surface area contributed by atoms with Gasteiger partial charge in [-0.2, -0.15) is 0 Å². The predicted octanol–water partition coefficient (Wildman–Crippen LogP) is 4.19. The standard InChI is InChI=1S/C9H9Cl2F/c1-6(12)7-2-4-8(5-3-7)9(10)11/h2-6,9H,1H3. The normalized spacial score (nSPS) is 13.4. The summed E-state index contributed by atoms with van der Waals surface area (Å²) in [6.07, 6.45) is -0.942. The molecule has 1 rings (SSSR count). The van der Waals surface area contributed by atoms with Crippen molar-refractivity contribution in [2.75, 3.05) is 0 Å². The summed E-state index contributed by atoms with van der Waals surface area (Å²) < 4.78 is 12.7. The molecule has 0 saturated carbocycles. The van der Waals surface area contributed by atoms with Gasteiger partial charge in [-0.25, -0.2) is 4.39 Å². The molecule has 0 heterocycles. The highest BCUT2D eigenvalue weighted by atomic mass is 35.5. The minimum Gasteiger partial charge on any atom is -0.243 e. The second-order valence-electron chi connectivity index (χ2n) is 2.58. The van der Waals surface area contributed by atoms with Gasteiger partial charge in [0, 0.05) is 0 Å². The van der Waals surface area contributed by atoms with Gasteiger partial charge in [-0.3, -0.25) is 0 Å². The molecule has 1 unspecified atom stereocenters. The fourth-order valence-corrected chi connectivity index (χ4v) is 1.20. The van der Waals surface area contributed by atoms with Crippen LogP contribution in [-0.2, 0) is 0 Å².